The van der Waals surface area contributed by atoms with E-state index in [1.807, 2.05) is 0 Å². The Morgan fingerprint density at radius 2 is 1.96 bits per heavy atom. The van der Waals surface area contributed by atoms with E-state index in [1.165, 1.54) is 30.2 Å². The van der Waals surface area contributed by atoms with Crippen molar-refractivity contribution < 1.29 is 27.5 Å². The van der Waals surface area contributed by atoms with Crippen molar-refractivity contribution in [1.82, 2.24) is 0 Å². The minimum Gasteiger partial charge on any atom is -0.482 e. The molecule has 136 valence electrons. The maximum atomic E-state index is 12.5. The molecule has 0 aromatic heterocycles. The Labute approximate surface area is 150 Å². The summed E-state index contributed by atoms with van der Waals surface area (Å²) < 4.78 is 37.4. The fourth-order valence-corrected chi connectivity index (χ4v) is 3.51. The van der Waals surface area contributed by atoms with Crippen molar-refractivity contribution in [3.63, 3.8) is 0 Å². The van der Waals surface area contributed by atoms with Crippen LogP contribution in [0.5, 0.6) is 5.75 Å². The van der Waals surface area contributed by atoms with Gasteiger partial charge in [-0.25, -0.2) is 8.42 Å². The molecule has 8 nitrogen and oxygen atoms in total. The van der Waals surface area contributed by atoms with E-state index in [0.29, 0.717) is 11.4 Å². The molecule has 0 fully saturated rings. The second-order valence-electron chi connectivity index (χ2n) is 5.45. The van der Waals surface area contributed by atoms with Crippen molar-refractivity contribution in [3.05, 3.63) is 48.5 Å². The van der Waals surface area contributed by atoms with E-state index in [0.717, 1.165) is 0 Å². The standard InChI is InChI=1S/C17H16N2O6S/c1-24-17(21)10-19-14-8-7-13(9-15(14)25-11-16(19)20)26(22,23)18-12-5-3-2-4-6-12/h2-9,18H,10-11H2,1H3. The number of carbonyl (C=O) groups excluding carboxylic acids is 2. The van der Waals surface area contributed by atoms with Gasteiger partial charge in [-0.2, -0.15) is 0 Å². The number of ether oxygens (including phenoxy) is 2. The number of esters is 1. The number of para-hydroxylation sites is 1. The molecule has 0 radical (unpaired) electrons. The second kappa shape index (κ2) is 7.04. The maximum absolute atomic E-state index is 12.5. The highest BCUT2D eigenvalue weighted by Crippen LogP contribution is 2.34. The number of fused-ring (bicyclic) bond motifs is 1. The van der Waals surface area contributed by atoms with Crippen LogP contribution in [0.15, 0.2) is 53.4 Å². The third-order valence-corrected chi connectivity index (χ3v) is 5.10. The van der Waals surface area contributed by atoms with Crippen molar-refractivity contribution in [2.45, 2.75) is 4.90 Å². The van der Waals surface area contributed by atoms with Crippen LogP contribution < -0.4 is 14.4 Å². The summed E-state index contributed by atoms with van der Waals surface area (Å²) in [5.41, 5.74) is 0.735. The molecule has 3 rings (SSSR count). The number of benzene rings is 2. The summed E-state index contributed by atoms with van der Waals surface area (Å²) in [5.74, 6) is -0.806. The van der Waals surface area contributed by atoms with Crippen LogP contribution in [0.2, 0.25) is 0 Å². The Morgan fingerprint density at radius 1 is 1.23 bits per heavy atom. The Bertz CT molecular complexity index is 943. The molecule has 1 aliphatic rings. The Morgan fingerprint density at radius 3 is 2.65 bits per heavy atom. The van der Waals surface area contributed by atoms with Gasteiger partial charge in [0.15, 0.2) is 6.61 Å². The van der Waals surface area contributed by atoms with Gasteiger partial charge >= 0.3 is 5.97 Å². The van der Waals surface area contributed by atoms with Crippen molar-refractivity contribution in [2.75, 3.05) is 29.9 Å². The van der Waals surface area contributed by atoms with Crippen LogP contribution in [0.25, 0.3) is 0 Å². The summed E-state index contributed by atoms with van der Waals surface area (Å²) in [6, 6.07) is 12.5. The molecule has 1 N–H and O–H groups in total. The monoisotopic (exact) mass is 376 g/mol. The lowest BCUT2D eigenvalue weighted by molar-refractivity contribution is -0.140. The number of hydrogen-bond acceptors (Lipinski definition) is 6. The van der Waals surface area contributed by atoms with Crippen molar-refractivity contribution in [1.29, 1.82) is 0 Å². The Balaban J connectivity index is 1.91. The number of methoxy groups -OCH3 is 1. The summed E-state index contributed by atoms with van der Waals surface area (Å²) in [5, 5.41) is 0. The third-order valence-electron chi connectivity index (χ3n) is 3.73. The maximum Gasteiger partial charge on any atom is 0.325 e. The van der Waals surface area contributed by atoms with E-state index in [9.17, 15) is 18.0 Å². The van der Waals surface area contributed by atoms with Crippen LogP contribution in [-0.4, -0.2) is 40.6 Å². The van der Waals surface area contributed by atoms with Gasteiger partial charge in [0.1, 0.15) is 12.3 Å². The molecule has 0 bridgehead atoms. The number of rotatable bonds is 5. The van der Waals surface area contributed by atoms with Gasteiger partial charge in [0.25, 0.3) is 15.9 Å². The number of carbonyl (C=O) groups is 2. The fourth-order valence-electron chi connectivity index (χ4n) is 2.44. The highest BCUT2D eigenvalue weighted by atomic mass is 32.2. The van der Waals surface area contributed by atoms with Gasteiger partial charge in [-0.05, 0) is 24.3 Å². The molecule has 26 heavy (non-hydrogen) atoms. The van der Waals surface area contributed by atoms with Gasteiger partial charge < -0.3 is 9.47 Å². The predicted molar refractivity (Wildman–Crippen MR) is 93.6 cm³/mol. The summed E-state index contributed by atoms with van der Waals surface area (Å²) >= 11 is 0. The summed E-state index contributed by atoms with van der Waals surface area (Å²) in [4.78, 5) is 24.7. The van der Waals surface area contributed by atoms with Gasteiger partial charge in [-0.1, -0.05) is 18.2 Å². The van der Waals surface area contributed by atoms with E-state index in [4.69, 9.17) is 4.74 Å². The first-order valence-corrected chi connectivity index (χ1v) is 9.11. The molecule has 1 amide bonds. The quantitative estimate of drug-likeness (QED) is 0.791. The molecular weight excluding hydrogens is 360 g/mol. The number of hydrogen-bond donors (Lipinski definition) is 1. The molecule has 1 heterocycles. The zero-order chi connectivity index (χ0) is 18.7. The second-order valence-corrected chi connectivity index (χ2v) is 7.13. The van der Waals surface area contributed by atoms with Crippen LogP contribution in [-0.2, 0) is 24.3 Å². The lowest BCUT2D eigenvalue weighted by Crippen LogP contribution is -2.42. The minimum absolute atomic E-state index is 0.0209. The van der Waals surface area contributed by atoms with Gasteiger partial charge in [0, 0.05) is 11.8 Å². The van der Waals surface area contributed by atoms with E-state index in [-0.39, 0.29) is 23.8 Å². The van der Waals surface area contributed by atoms with Crippen LogP contribution in [0.1, 0.15) is 0 Å². The van der Waals surface area contributed by atoms with Crippen LogP contribution in [0.3, 0.4) is 0 Å². The molecule has 0 saturated heterocycles. The Kier molecular flexibility index (Phi) is 4.81. The highest BCUT2D eigenvalue weighted by Gasteiger charge is 2.29. The summed E-state index contributed by atoms with van der Waals surface area (Å²) in [6.07, 6.45) is 0. The molecule has 9 heteroatoms. The number of nitrogens with zero attached hydrogens (tertiary/aromatic N) is 1. The van der Waals surface area contributed by atoms with E-state index in [1.54, 1.807) is 30.3 Å². The number of sulfonamides is 1. The number of amides is 1. The zero-order valence-corrected chi connectivity index (χ0v) is 14.7. The molecule has 0 atom stereocenters. The third kappa shape index (κ3) is 3.62. The lowest BCUT2D eigenvalue weighted by Gasteiger charge is -2.28. The first kappa shape index (κ1) is 17.7. The molecule has 2 aromatic carbocycles. The normalized spacial score (nSPS) is 13.6. The number of nitrogens with one attached hydrogen (secondary N) is 1. The smallest absolute Gasteiger partial charge is 0.325 e. The van der Waals surface area contributed by atoms with Gasteiger partial charge in [0.2, 0.25) is 0 Å². The first-order chi connectivity index (χ1) is 12.4. The highest BCUT2D eigenvalue weighted by molar-refractivity contribution is 7.92. The minimum atomic E-state index is -3.83. The van der Waals surface area contributed by atoms with E-state index >= 15 is 0 Å². The molecule has 0 unspecified atom stereocenters. The zero-order valence-electron chi connectivity index (χ0n) is 13.8. The van der Waals surface area contributed by atoms with E-state index in [2.05, 4.69) is 9.46 Å². The summed E-state index contributed by atoms with van der Waals surface area (Å²) in [7, 11) is -2.61. The molecule has 0 spiro atoms. The SMILES string of the molecule is COC(=O)CN1C(=O)COc2cc(S(=O)(=O)Nc3ccccc3)ccc21. The topological polar surface area (TPSA) is 102 Å². The molecule has 1 aliphatic heterocycles. The van der Waals surface area contributed by atoms with Crippen molar-refractivity contribution in [3.8, 4) is 5.75 Å². The summed E-state index contributed by atoms with van der Waals surface area (Å²) in [6.45, 7) is -0.570. The van der Waals surface area contributed by atoms with Crippen molar-refractivity contribution >= 4 is 33.3 Å². The lowest BCUT2D eigenvalue weighted by atomic mass is 10.2. The first-order valence-electron chi connectivity index (χ1n) is 7.62. The molecule has 2 aromatic rings. The molecular formula is C17H16N2O6S. The Hall–Kier alpha value is -3.07. The predicted octanol–water partition coefficient (Wildman–Crippen LogP) is 1.39. The van der Waals surface area contributed by atoms with Crippen LogP contribution in [0.4, 0.5) is 11.4 Å². The van der Waals surface area contributed by atoms with E-state index < -0.39 is 21.9 Å². The van der Waals surface area contributed by atoms with Crippen LogP contribution in [0, 0.1) is 0 Å². The van der Waals surface area contributed by atoms with Gasteiger partial charge in [-0.15, -0.1) is 0 Å². The molecule has 0 aliphatic carbocycles. The molecule has 0 saturated carbocycles. The average Bonchev–Trinajstić information content (AvgIpc) is 2.64. The fraction of sp³-hybridized carbons (Fsp3) is 0.176. The van der Waals surface area contributed by atoms with Gasteiger partial charge in [-0.3, -0.25) is 19.2 Å². The van der Waals surface area contributed by atoms with Gasteiger partial charge in [0.05, 0.1) is 17.7 Å². The number of anilines is 2. The average molecular weight is 376 g/mol. The largest absolute Gasteiger partial charge is 0.482 e. The van der Waals surface area contributed by atoms with Crippen LogP contribution >= 0.6 is 0 Å². The van der Waals surface area contributed by atoms with Crippen molar-refractivity contribution in [2.24, 2.45) is 0 Å².